The minimum absolute atomic E-state index is 0.328. The fourth-order valence-electron chi connectivity index (χ4n) is 2.42. The maximum Gasteiger partial charge on any atom is 0.325 e. The van der Waals surface area contributed by atoms with Crippen LogP contribution in [0.5, 0.6) is 0 Å². The Balaban J connectivity index is 2.10. The Morgan fingerprint density at radius 1 is 1.30 bits per heavy atom. The first kappa shape index (κ1) is 16.9. The molecule has 7 heteroatoms. The van der Waals surface area contributed by atoms with Crippen molar-refractivity contribution in [3.8, 4) is 0 Å². The van der Waals surface area contributed by atoms with Gasteiger partial charge in [0.05, 0.1) is 0 Å². The smallest absolute Gasteiger partial charge is 0.325 e. The third-order valence-electron chi connectivity index (χ3n) is 3.85. The van der Waals surface area contributed by atoms with Crippen molar-refractivity contribution >= 4 is 17.8 Å². The van der Waals surface area contributed by atoms with Gasteiger partial charge in [0.15, 0.2) is 0 Å². The van der Waals surface area contributed by atoms with Gasteiger partial charge in [-0.05, 0) is 31.0 Å². The summed E-state index contributed by atoms with van der Waals surface area (Å²) in [5.74, 6) is -1.34. The molecule has 1 aliphatic rings. The molecule has 0 unspecified atom stereocenters. The van der Waals surface area contributed by atoms with Crippen molar-refractivity contribution < 1.29 is 18.8 Å². The number of imide groups is 1. The molecular formula is C16H20FN3O3. The molecule has 0 spiro atoms. The summed E-state index contributed by atoms with van der Waals surface area (Å²) in [6, 6.07) is 4.70. The van der Waals surface area contributed by atoms with Gasteiger partial charge in [-0.15, -0.1) is 0 Å². The first-order valence-corrected chi connectivity index (χ1v) is 7.55. The summed E-state index contributed by atoms with van der Waals surface area (Å²) in [5, 5.41) is 5.24. The molecule has 1 aliphatic heterocycles. The quantitative estimate of drug-likeness (QED) is 0.616. The van der Waals surface area contributed by atoms with Crippen molar-refractivity contribution in [1.29, 1.82) is 0 Å². The van der Waals surface area contributed by atoms with Crippen LogP contribution in [0.1, 0.15) is 32.3 Å². The SMILES string of the molecule is CCCCNC(=O)CN1C(=O)N[C@](C)(c2ccc(F)cc2)C1=O. The number of rotatable bonds is 6. The summed E-state index contributed by atoms with van der Waals surface area (Å²) in [5.41, 5.74) is -0.833. The molecule has 0 aromatic heterocycles. The second-order valence-corrected chi connectivity index (χ2v) is 5.66. The molecule has 1 aromatic rings. The number of benzene rings is 1. The standard InChI is InChI=1S/C16H20FN3O3/c1-3-4-9-18-13(21)10-20-14(22)16(2,19-15(20)23)11-5-7-12(17)8-6-11/h5-8H,3-4,9-10H2,1-2H3,(H,18,21)(H,19,23)/t16-/m1/s1. The number of amides is 4. The molecule has 0 aliphatic carbocycles. The molecule has 1 heterocycles. The van der Waals surface area contributed by atoms with Gasteiger partial charge in [-0.25, -0.2) is 9.18 Å². The zero-order valence-electron chi connectivity index (χ0n) is 13.2. The molecule has 2 N–H and O–H groups in total. The fraction of sp³-hybridized carbons (Fsp3) is 0.438. The number of urea groups is 1. The average molecular weight is 321 g/mol. The maximum atomic E-state index is 13.0. The lowest BCUT2D eigenvalue weighted by molar-refractivity contribution is -0.134. The second kappa shape index (κ2) is 6.76. The van der Waals surface area contributed by atoms with Crippen LogP contribution in [-0.2, 0) is 15.1 Å². The van der Waals surface area contributed by atoms with Crippen molar-refractivity contribution in [2.24, 2.45) is 0 Å². The molecule has 0 saturated carbocycles. The van der Waals surface area contributed by atoms with Gasteiger partial charge < -0.3 is 10.6 Å². The highest BCUT2D eigenvalue weighted by Crippen LogP contribution is 2.28. The summed E-state index contributed by atoms with van der Waals surface area (Å²) >= 11 is 0. The summed E-state index contributed by atoms with van der Waals surface area (Å²) < 4.78 is 13.0. The third kappa shape index (κ3) is 3.49. The normalized spacial score (nSPS) is 20.6. The maximum absolute atomic E-state index is 13.0. The molecule has 23 heavy (non-hydrogen) atoms. The van der Waals surface area contributed by atoms with Gasteiger partial charge in [-0.1, -0.05) is 25.5 Å². The topological polar surface area (TPSA) is 78.5 Å². The number of unbranched alkanes of at least 4 members (excludes halogenated alkanes) is 1. The van der Waals surface area contributed by atoms with Crippen molar-refractivity contribution in [2.75, 3.05) is 13.1 Å². The van der Waals surface area contributed by atoms with E-state index in [1.165, 1.54) is 31.2 Å². The first-order chi connectivity index (χ1) is 10.9. The monoisotopic (exact) mass is 321 g/mol. The highest BCUT2D eigenvalue weighted by atomic mass is 19.1. The van der Waals surface area contributed by atoms with Crippen molar-refractivity contribution in [2.45, 2.75) is 32.2 Å². The predicted molar refractivity (Wildman–Crippen MR) is 81.9 cm³/mol. The van der Waals surface area contributed by atoms with Gasteiger partial charge in [0.2, 0.25) is 5.91 Å². The number of carbonyl (C=O) groups is 3. The molecular weight excluding hydrogens is 301 g/mol. The largest absolute Gasteiger partial charge is 0.355 e. The van der Waals surface area contributed by atoms with Crippen LogP contribution < -0.4 is 10.6 Å². The van der Waals surface area contributed by atoms with Crippen LogP contribution in [0.3, 0.4) is 0 Å². The Kier molecular flexibility index (Phi) is 4.98. The predicted octanol–water partition coefficient (Wildman–Crippen LogP) is 1.51. The molecule has 1 saturated heterocycles. The molecule has 124 valence electrons. The number of carbonyl (C=O) groups excluding carboxylic acids is 3. The summed E-state index contributed by atoms with van der Waals surface area (Å²) in [4.78, 5) is 37.3. The van der Waals surface area contributed by atoms with Crippen LogP contribution in [0.4, 0.5) is 9.18 Å². The Bertz CT molecular complexity index is 618. The van der Waals surface area contributed by atoms with Gasteiger partial charge >= 0.3 is 6.03 Å². The lowest BCUT2D eigenvalue weighted by Gasteiger charge is -2.22. The number of nitrogens with one attached hydrogen (secondary N) is 2. The Hall–Kier alpha value is -2.44. The molecule has 2 rings (SSSR count). The Labute approximate surface area is 134 Å². The third-order valence-corrected chi connectivity index (χ3v) is 3.85. The lowest BCUT2D eigenvalue weighted by Crippen LogP contribution is -2.43. The number of hydrogen-bond donors (Lipinski definition) is 2. The van der Waals surface area contributed by atoms with Crippen molar-refractivity contribution in [3.63, 3.8) is 0 Å². The minimum atomic E-state index is -1.30. The second-order valence-electron chi connectivity index (χ2n) is 5.66. The first-order valence-electron chi connectivity index (χ1n) is 7.55. The van der Waals surface area contributed by atoms with E-state index < -0.39 is 23.3 Å². The summed E-state index contributed by atoms with van der Waals surface area (Å²) in [6.45, 7) is 3.71. The van der Waals surface area contributed by atoms with E-state index in [1.807, 2.05) is 6.92 Å². The molecule has 4 amide bonds. The van der Waals surface area contributed by atoms with Crippen LogP contribution in [0.2, 0.25) is 0 Å². The molecule has 0 radical (unpaired) electrons. The van der Waals surface area contributed by atoms with E-state index in [0.717, 1.165) is 17.7 Å². The molecule has 1 aromatic carbocycles. The zero-order chi connectivity index (χ0) is 17.0. The minimum Gasteiger partial charge on any atom is -0.355 e. The van der Waals surface area contributed by atoms with Crippen molar-refractivity contribution in [1.82, 2.24) is 15.5 Å². The van der Waals surface area contributed by atoms with E-state index in [4.69, 9.17) is 0 Å². The fourth-order valence-corrected chi connectivity index (χ4v) is 2.42. The van der Waals surface area contributed by atoms with Crippen LogP contribution in [0.15, 0.2) is 24.3 Å². The van der Waals surface area contributed by atoms with E-state index in [1.54, 1.807) is 0 Å². The lowest BCUT2D eigenvalue weighted by atomic mass is 9.92. The number of nitrogens with zero attached hydrogens (tertiary/aromatic N) is 1. The molecule has 1 fully saturated rings. The summed E-state index contributed by atoms with van der Waals surface area (Å²) in [6.07, 6.45) is 1.77. The summed E-state index contributed by atoms with van der Waals surface area (Å²) in [7, 11) is 0. The number of halogens is 1. The van der Waals surface area contributed by atoms with Gasteiger partial charge in [-0.2, -0.15) is 0 Å². The highest BCUT2D eigenvalue weighted by Gasteiger charge is 2.49. The van der Waals surface area contributed by atoms with Gasteiger partial charge in [0, 0.05) is 6.54 Å². The van der Waals surface area contributed by atoms with Crippen LogP contribution in [0.25, 0.3) is 0 Å². The Morgan fingerprint density at radius 3 is 2.57 bits per heavy atom. The van der Waals surface area contributed by atoms with E-state index in [0.29, 0.717) is 12.1 Å². The van der Waals surface area contributed by atoms with E-state index in [-0.39, 0.29) is 12.5 Å². The van der Waals surface area contributed by atoms with Crippen LogP contribution in [0, 0.1) is 5.82 Å². The van der Waals surface area contributed by atoms with Crippen LogP contribution >= 0.6 is 0 Å². The van der Waals surface area contributed by atoms with Crippen molar-refractivity contribution in [3.05, 3.63) is 35.6 Å². The van der Waals surface area contributed by atoms with E-state index >= 15 is 0 Å². The van der Waals surface area contributed by atoms with Gasteiger partial charge in [-0.3, -0.25) is 14.5 Å². The van der Waals surface area contributed by atoms with Gasteiger partial charge in [0.1, 0.15) is 17.9 Å². The molecule has 0 bridgehead atoms. The van der Waals surface area contributed by atoms with Crippen LogP contribution in [-0.4, -0.2) is 35.8 Å². The Morgan fingerprint density at radius 2 is 1.96 bits per heavy atom. The number of hydrogen-bond acceptors (Lipinski definition) is 3. The molecule has 1 atom stereocenters. The van der Waals surface area contributed by atoms with E-state index in [2.05, 4.69) is 10.6 Å². The highest BCUT2D eigenvalue weighted by molar-refractivity contribution is 6.09. The zero-order valence-corrected chi connectivity index (χ0v) is 13.2. The van der Waals surface area contributed by atoms with E-state index in [9.17, 15) is 18.8 Å². The average Bonchev–Trinajstić information content (AvgIpc) is 2.72. The molecule has 6 nitrogen and oxygen atoms in total. The van der Waals surface area contributed by atoms with Gasteiger partial charge in [0.25, 0.3) is 5.91 Å².